The molecule has 1 aromatic carbocycles. The summed E-state index contributed by atoms with van der Waals surface area (Å²) in [5, 5.41) is 12.4. The van der Waals surface area contributed by atoms with E-state index in [1.807, 2.05) is 0 Å². The van der Waals surface area contributed by atoms with Gasteiger partial charge in [-0.3, -0.25) is 9.59 Å². The van der Waals surface area contributed by atoms with Gasteiger partial charge in [-0.1, -0.05) is 36.2 Å². The van der Waals surface area contributed by atoms with Gasteiger partial charge in [0.15, 0.2) is 0 Å². The molecular weight excluding hydrogens is 313 g/mol. The summed E-state index contributed by atoms with van der Waals surface area (Å²) >= 11 is 12.0. The van der Waals surface area contributed by atoms with E-state index in [0.29, 0.717) is 35.0 Å². The molecule has 4 nitrogen and oxygen atoms in total. The molecule has 1 aromatic rings. The summed E-state index contributed by atoms with van der Waals surface area (Å²) in [5.41, 5.74) is 0.593. The average molecular weight is 330 g/mol. The van der Waals surface area contributed by atoms with Gasteiger partial charge in [0.2, 0.25) is 5.91 Å². The SMILES string of the molecule is CC(CCCNC(=O)/C=C/c1c(Cl)cccc1Cl)C(=O)O. The van der Waals surface area contributed by atoms with Crippen LogP contribution in [0.3, 0.4) is 0 Å². The molecule has 0 radical (unpaired) electrons. The highest BCUT2D eigenvalue weighted by molar-refractivity contribution is 6.37. The molecule has 1 rings (SSSR count). The molecule has 6 heteroatoms. The normalized spacial score (nSPS) is 12.3. The Bertz CT molecular complexity index is 523. The fourth-order valence-electron chi connectivity index (χ4n) is 1.63. The summed E-state index contributed by atoms with van der Waals surface area (Å²) in [4.78, 5) is 22.2. The van der Waals surface area contributed by atoms with Crippen molar-refractivity contribution in [3.63, 3.8) is 0 Å². The number of aliphatic carboxylic acids is 1. The molecule has 0 spiro atoms. The Kier molecular flexibility index (Phi) is 7.26. The first-order valence-corrected chi connectivity index (χ1v) is 7.30. The van der Waals surface area contributed by atoms with Crippen LogP contribution in [0.25, 0.3) is 6.08 Å². The molecule has 1 atom stereocenters. The molecule has 1 unspecified atom stereocenters. The number of carbonyl (C=O) groups is 2. The maximum absolute atomic E-state index is 11.6. The van der Waals surface area contributed by atoms with E-state index < -0.39 is 11.9 Å². The van der Waals surface area contributed by atoms with E-state index in [2.05, 4.69) is 5.32 Å². The van der Waals surface area contributed by atoms with Gasteiger partial charge in [0.25, 0.3) is 0 Å². The summed E-state index contributed by atoms with van der Waals surface area (Å²) < 4.78 is 0. The van der Waals surface area contributed by atoms with Crippen molar-refractivity contribution in [1.29, 1.82) is 0 Å². The van der Waals surface area contributed by atoms with E-state index in [-0.39, 0.29) is 5.91 Å². The predicted molar refractivity (Wildman–Crippen MR) is 84.5 cm³/mol. The minimum Gasteiger partial charge on any atom is -0.481 e. The first-order chi connectivity index (χ1) is 9.91. The Morgan fingerprint density at radius 3 is 2.52 bits per heavy atom. The van der Waals surface area contributed by atoms with Crippen LogP contribution in [0.15, 0.2) is 24.3 Å². The molecule has 0 aliphatic rings. The van der Waals surface area contributed by atoms with Gasteiger partial charge in [-0.25, -0.2) is 0 Å². The van der Waals surface area contributed by atoms with Crippen molar-refractivity contribution >= 4 is 41.2 Å². The lowest BCUT2D eigenvalue weighted by molar-refractivity contribution is -0.141. The van der Waals surface area contributed by atoms with Gasteiger partial charge < -0.3 is 10.4 Å². The Hall–Kier alpha value is -1.52. The van der Waals surface area contributed by atoms with Crippen LogP contribution < -0.4 is 5.32 Å². The van der Waals surface area contributed by atoms with Gasteiger partial charge in [0, 0.05) is 28.2 Å². The van der Waals surface area contributed by atoms with Crippen LogP contribution in [0.4, 0.5) is 0 Å². The Balaban J connectivity index is 2.40. The van der Waals surface area contributed by atoms with Gasteiger partial charge >= 0.3 is 5.97 Å². The summed E-state index contributed by atoms with van der Waals surface area (Å²) in [6.45, 7) is 2.07. The monoisotopic (exact) mass is 329 g/mol. The van der Waals surface area contributed by atoms with Crippen molar-refractivity contribution in [2.24, 2.45) is 5.92 Å². The van der Waals surface area contributed by atoms with E-state index in [1.165, 1.54) is 6.08 Å². The van der Waals surface area contributed by atoms with Crippen LogP contribution >= 0.6 is 23.2 Å². The van der Waals surface area contributed by atoms with Crippen LogP contribution in [0.5, 0.6) is 0 Å². The van der Waals surface area contributed by atoms with E-state index in [1.54, 1.807) is 31.2 Å². The van der Waals surface area contributed by atoms with Gasteiger partial charge in [-0.15, -0.1) is 0 Å². The Morgan fingerprint density at radius 2 is 1.95 bits per heavy atom. The van der Waals surface area contributed by atoms with Gasteiger partial charge in [0.05, 0.1) is 5.92 Å². The maximum Gasteiger partial charge on any atom is 0.306 e. The quantitative estimate of drug-likeness (QED) is 0.593. The average Bonchev–Trinajstić information content (AvgIpc) is 2.42. The van der Waals surface area contributed by atoms with Crippen molar-refractivity contribution in [2.75, 3.05) is 6.54 Å². The van der Waals surface area contributed by atoms with Crippen LogP contribution in [-0.4, -0.2) is 23.5 Å². The second-order valence-corrected chi connectivity index (χ2v) is 5.46. The number of halogens is 2. The molecule has 0 aromatic heterocycles. The number of carboxylic acid groups (broad SMARTS) is 1. The number of hydrogen-bond acceptors (Lipinski definition) is 2. The molecule has 114 valence electrons. The van der Waals surface area contributed by atoms with Crippen LogP contribution in [0.1, 0.15) is 25.3 Å². The third-order valence-corrected chi connectivity index (χ3v) is 3.59. The third kappa shape index (κ3) is 6.19. The zero-order valence-electron chi connectivity index (χ0n) is 11.6. The number of benzene rings is 1. The van der Waals surface area contributed by atoms with Crippen molar-refractivity contribution in [3.05, 3.63) is 39.9 Å². The fraction of sp³-hybridized carbons (Fsp3) is 0.333. The van der Waals surface area contributed by atoms with Crippen LogP contribution in [0.2, 0.25) is 10.0 Å². The summed E-state index contributed by atoms with van der Waals surface area (Å²) in [5.74, 6) is -1.50. The minimum atomic E-state index is -0.824. The first kappa shape index (κ1) is 17.5. The van der Waals surface area contributed by atoms with Crippen molar-refractivity contribution in [3.8, 4) is 0 Å². The second-order valence-electron chi connectivity index (χ2n) is 4.64. The topological polar surface area (TPSA) is 66.4 Å². The van der Waals surface area contributed by atoms with Crippen molar-refractivity contribution in [2.45, 2.75) is 19.8 Å². The number of hydrogen-bond donors (Lipinski definition) is 2. The van der Waals surface area contributed by atoms with E-state index >= 15 is 0 Å². The molecule has 21 heavy (non-hydrogen) atoms. The molecule has 0 aliphatic heterocycles. The lowest BCUT2D eigenvalue weighted by atomic mass is 10.1. The Labute approximate surface area is 133 Å². The smallest absolute Gasteiger partial charge is 0.306 e. The molecule has 0 aliphatic carbocycles. The van der Waals surface area contributed by atoms with Crippen LogP contribution in [-0.2, 0) is 9.59 Å². The highest BCUT2D eigenvalue weighted by atomic mass is 35.5. The molecule has 0 bridgehead atoms. The number of amides is 1. The highest BCUT2D eigenvalue weighted by Gasteiger charge is 2.09. The Morgan fingerprint density at radius 1 is 1.33 bits per heavy atom. The van der Waals surface area contributed by atoms with Crippen LogP contribution in [0, 0.1) is 5.92 Å². The predicted octanol–water partition coefficient (Wildman–Crippen LogP) is 3.62. The lowest BCUT2D eigenvalue weighted by Crippen LogP contribution is -2.23. The molecule has 0 saturated carbocycles. The standard InChI is InChI=1S/C15H17Cl2NO3/c1-10(15(20)21)4-3-9-18-14(19)8-7-11-12(16)5-2-6-13(11)17/h2,5-8,10H,3-4,9H2,1H3,(H,18,19)(H,20,21)/b8-7+. The molecule has 1 amide bonds. The minimum absolute atomic E-state index is 0.269. The molecule has 0 saturated heterocycles. The van der Waals surface area contributed by atoms with E-state index in [0.717, 1.165) is 0 Å². The lowest BCUT2D eigenvalue weighted by Gasteiger charge is -2.06. The summed E-state index contributed by atoms with van der Waals surface area (Å²) in [6, 6.07) is 5.11. The number of rotatable bonds is 7. The van der Waals surface area contributed by atoms with E-state index in [9.17, 15) is 9.59 Å². The van der Waals surface area contributed by atoms with Crippen molar-refractivity contribution < 1.29 is 14.7 Å². The zero-order valence-corrected chi connectivity index (χ0v) is 13.1. The molecular formula is C15H17Cl2NO3. The first-order valence-electron chi connectivity index (χ1n) is 6.54. The third-order valence-electron chi connectivity index (χ3n) is 2.94. The number of carboxylic acids is 1. The van der Waals surface area contributed by atoms with Crippen molar-refractivity contribution in [1.82, 2.24) is 5.32 Å². The summed E-state index contributed by atoms with van der Waals surface area (Å²) in [7, 11) is 0. The molecule has 2 N–H and O–H groups in total. The maximum atomic E-state index is 11.6. The number of carbonyl (C=O) groups excluding carboxylic acids is 1. The molecule has 0 fully saturated rings. The van der Waals surface area contributed by atoms with E-state index in [4.69, 9.17) is 28.3 Å². The highest BCUT2D eigenvalue weighted by Crippen LogP contribution is 2.25. The van der Waals surface area contributed by atoms with Gasteiger partial charge in [0.1, 0.15) is 0 Å². The number of nitrogens with one attached hydrogen (secondary N) is 1. The van der Waals surface area contributed by atoms with Gasteiger partial charge in [-0.05, 0) is 31.1 Å². The second kappa shape index (κ2) is 8.70. The largest absolute Gasteiger partial charge is 0.481 e. The van der Waals surface area contributed by atoms with Gasteiger partial charge in [-0.2, -0.15) is 0 Å². The zero-order chi connectivity index (χ0) is 15.8. The fourth-order valence-corrected chi connectivity index (χ4v) is 2.15. The summed E-state index contributed by atoms with van der Waals surface area (Å²) in [6.07, 6.45) is 4.04. The molecule has 0 heterocycles.